The second-order valence-electron chi connectivity index (χ2n) is 4.84. The third-order valence-electron chi connectivity index (χ3n) is 3.42. The Morgan fingerprint density at radius 3 is 2.75 bits per heavy atom. The zero-order valence-electron chi connectivity index (χ0n) is 9.29. The summed E-state index contributed by atoms with van der Waals surface area (Å²) in [5.41, 5.74) is 9.80. The minimum atomic E-state index is 0.151. The number of hydrogen-bond acceptors (Lipinski definition) is 1. The molecule has 0 amide bonds. The number of aromatic nitrogens is 2. The lowest BCUT2D eigenvalue weighted by molar-refractivity contribution is 0.604. The first kappa shape index (κ1) is 9.73. The molecule has 2 heterocycles. The summed E-state index contributed by atoms with van der Waals surface area (Å²) in [6.07, 6.45) is 6.47. The number of aromatic amines is 2. The molecule has 0 radical (unpaired) electrons. The van der Waals surface area contributed by atoms with Crippen molar-refractivity contribution in [1.82, 2.24) is 9.97 Å². The highest BCUT2D eigenvalue weighted by Gasteiger charge is 2.37. The van der Waals surface area contributed by atoms with Crippen molar-refractivity contribution in [3.05, 3.63) is 36.2 Å². The van der Waals surface area contributed by atoms with Gasteiger partial charge in [0.15, 0.2) is 0 Å². The van der Waals surface area contributed by atoms with Gasteiger partial charge in [0.25, 0.3) is 0 Å². The van der Waals surface area contributed by atoms with Crippen molar-refractivity contribution in [2.45, 2.75) is 31.2 Å². The van der Waals surface area contributed by atoms with Gasteiger partial charge in [-0.3, -0.25) is 0 Å². The molecule has 16 heavy (non-hydrogen) atoms. The summed E-state index contributed by atoms with van der Waals surface area (Å²) in [6, 6.07) is 8.36. The van der Waals surface area contributed by atoms with Crippen LogP contribution in [0.5, 0.6) is 0 Å². The second kappa shape index (κ2) is 3.52. The summed E-state index contributed by atoms with van der Waals surface area (Å²) in [5, 5.41) is 0. The Kier molecular flexibility index (Phi) is 2.14. The fourth-order valence-electron chi connectivity index (χ4n) is 2.04. The van der Waals surface area contributed by atoms with Crippen LogP contribution in [0.15, 0.2) is 30.5 Å². The van der Waals surface area contributed by atoms with E-state index in [0.29, 0.717) is 0 Å². The lowest BCUT2D eigenvalue weighted by Gasteiger charge is -2.06. The standard InChI is InChI=1S/C13H17N3/c14-13(7-8-13)6-5-10-3-4-12(16-10)11-2-1-9-15-11/h1-4,9,15-16H,5-8,14H2. The van der Waals surface area contributed by atoms with Crippen molar-refractivity contribution in [2.75, 3.05) is 0 Å². The van der Waals surface area contributed by atoms with Gasteiger partial charge in [0.1, 0.15) is 0 Å². The van der Waals surface area contributed by atoms with Crippen LogP contribution in [0.3, 0.4) is 0 Å². The van der Waals surface area contributed by atoms with Crippen LogP contribution in [0.1, 0.15) is 25.0 Å². The Morgan fingerprint density at radius 2 is 2.06 bits per heavy atom. The van der Waals surface area contributed by atoms with Crippen LogP contribution in [0.25, 0.3) is 11.4 Å². The van der Waals surface area contributed by atoms with E-state index in [0.717, 1.165) is 24.2 Å². The van der Waals surface area contributed by atoms with Crippen molar-refractivity contribution in [3.63, 3.8) is 0 Å². The van der Waals surface area contributed by atoms with Gasteiger partial charge in [0, 0.05) is 17.4 Å². The van der Waals surface area contributed by atoms with Crippen LogP contribution in [-0.2, 0) is 6.42 Å². The summed E-state index contributed by atoms with van der Waals surface area (Å²) in [6.45, 7) is 0. The van der Waals surface area contributed by atoms with E-state index in [-0.39, 0.29) is 5.54 Å². The molecule has 3 heteroatoms. The molecule has 1 saturated carbocycles. The Balaban J connectivity index is 1.68. The van der Waals surface area contributed by atoms with Gasteiger partial charge in [-0.05, 0) is 49.9 Å². The van der Waals surface area contributed by atoms with Crippen LogP contribution >= 0.6 is 0 Å². The molecular weight excluding hydrogens is 198 g/mol. The maximum atomic E-state index is 6.08. The van der Waals surface area contributed by atoms with Gasteiger partial charge in [-0.25, -0.2) is 0 Å². The molecule has 1 aliphatic rings. The zero-order valence-corrected chi connectivity index (χ0v) is 9.29. The largest absolute Gasteiger partial charge is 0.360 e. The number of rotatable bonds is 4. The minimum Gasteiger partial charge on any atom is -0.360 e. The fourth-order valence-corrected chi connectivity index (χ4v) is 2.04. The molecule has 4 N–H and O–H groups in total. The van der Waals surface area contributed by atoms with Crippen molar-refractivity contribution >= 4 is 0 Å². The van der Waals surface area contributed by atoms with Crippen molar-refractivity contribution in [2.24, 2.45) is 5.73 Å². The predicted molar refractivity (Wildman–Crippen MR) is 65.1 cm³/mol. The molecule has 3 rings (SSSR count). The molecule has 0 unspecified atom stereocenters. The van der Waals surface area contributed by atoms with Crippen LogP contribution < -0.4 is 5.73 Å². The lowest BCUT2D eigenvalue weighted by Crippen LogP contribution is -2.22. The van der Waals surface area contributed by atoms with Crippen LogP contribution in [-0.4, -0.2) is 15.5 Å². The molecule has 0 aromatic carbocycles. The van der Waals surface area contributed by atoms with Gasteiger partial charge in [-0.2, -0.15) is 0 Å². The van der Waals surface area contributed by atoms with Crippen molar-refractivity contribution in [1.29, 1.82) is 0 Å². The Bertz CT molecular complexity index is 463. The number of aryl methyl sites for hydroxylation is 1. The Hall–Kier alpha value is -1.48. The molecule has 1 fully saturated rings. The molecule has 3 nitrogen and oxygen atoms in total. The van der Waals surface area contributed by atoms with E-state index in [1.807, 2.05) is 12.3 Å². The number of nitrogens with one attached hydrogen (secondary N) is 2. The Labute approximate surface area is 95.1 Å². The highest BCUT2D eigenvalue weighted by Crippen LogP contribution is 2.36. The van der Waals surface area contributed by atoms with Gasteiger partial charge in [-0.15, -0.1) is 0 Å². The maximum absolute atomic E-state index is 6.08. The minimum absolute atomic E-state index is 0.151. The highest BCUT2D eigenvalue weighted by molar-refractivity contribution is 5.55. The summed E-state index contributed by atoms with van der Waals surface area (Å²) in [5.74, 6) is 0. The molecule has 0 bridgehead atoms. The maximum Gasteiger partial charge on any atom is 0.0621 e. The van der Waals surface area contributed by atoms with Gasteiger partial charge in [0.2, 0.25) is 0 Å². The summed E-state index contributed by atoms with van der Waals surface area (Å²) >= 11 is 0. The van der Waals surface area contributed by atoms with E-state index < -0.39 is 0 Å². The first-order valence-electron chi connectivity index (χ1n) is 5.86. The van der Waals surface area contributed by atoms with E-state index in [2.05, 4.69) is 28.2 Å². The van der Waals surface area contributed by atoms with Crippen LogP contribution in [0.4, 0.5) is 0 Å². The predicted octanol–water partition coefficient (Wildman–Crippen LogP) is 2.43. The van der Waals surface area contributed by atoms with E-state index in [1.54, 1.807) is 0 Å². The summed E-state index contributed by atoms with van der Waals surface area (Å²) in [4.78, 5) is 6.62. The first-order chi connectivity index (χ1) is 7.75. The average molecular weight is 215 g/mol. The molecule has 1 aliphatic carbocycles. The summed E-state index contributed by atoms with van der Waals surface area (Å²) < 4.78 is 0. The smallest absolute Gasteiger partial charge is 0.0621 e. The first-order valence-corrected chi connectivity index (χ1v) is 5.86. The third kappa shape index (κ3) is 1.91. The number of nitrogens with two attached hydrogens (primary N) is 1. The third-order valence-corrected chi connectivity index (χ3v) is 3.42. The van der Waals surface area contributed by atoms with Crippen molar-refractivity contribution in [3.8, 4) is 11.4 Å². The Morgan fingerprint density at radius 1 is 1.19 bits per heavy atom. The molecule has 0 atom stereocenters. The van der Waals surface area contributed by atoms with E-state index in [4.69, 9.17) is 5.73 Å². The van der Waals surface area contributed by atoms with Gasteiger partial charge in [0.05, 0.1) is 11.4 Å². The molecule has 2 aromatic rings. The highest BCUT2D eigenvalue weighted by atomic mass is 14.8. The molecule has 0 spiro atoms. The van der Waals surface area contributed by atoms with E-state index in [1.165, 1.54) is 18.5 Å². The topological polar surface area (TPSA) is 57.6 Å². The second-order valence-corrected chi connectivity index (χ2v) is 4.84. The zero-order chi connectivity index (χ0) is 11.0. The monoisotopic (exact) mass is 215 g/mol. The van der Waals surface area contributed by atoms with Crippen LogP contribution in [0.2, 0.25) is 0 Å². The van der Waals surface area contributed by atoms with Gasteiger partial charge in [-0.1, -0.05) is 0 Å². The molecule has 84 valence electrons. The van der Waals surface area contributed by atoms with Gasteiger partial charge < -0.3 is 15.7 Å². The molecule has 0 aliphatic heterocycles. The van der Waals surface area contributed by atoms with E-state index in [9.17, 15) is 0 Å². The van der Waals surface area contributed by atoms with Crippen LogP contribution in [0, 0.1) is 0 Å². The average Bonchev–Trinajstić information content (AvgIpc) is 2.81. The summed E-state index contributed by atoms with van der Waals surface area (Å²) in [7, 11) is 0. The normalized spacial score (nSPS) is 17.6. The van der Waals surface area contributed by atoms with Crippen molar-refractivity contribution < 1.29 is 0 Å². The molecular formula is C13H17N3. The quantitative estimate of drug-likeness (QED) is 0.720. The lowest BCUT2D eigenvalue weighted by atomic mass is 10.1. The SMILES string of the molecule is NC1(CCc2ccc(-c3ccc[nH]3)[nH]2)CC1. The number of H-pyrrole nitrogens is 2. The fraction of sp³-hybridized carbons (Fsp3) is 0.385. The molecule has 2 aromatic heterocycles. The number of hydrogen-bond donors (Lipinski definition) is 3. The van der Waals surface area contributed by atoms with Gasteiger partial charge >= 0.3 is 0 Å². The molecule has 0 saturated heterocycles. The van der Waals surface area contributed by atoms with E-state index >= 15 is 0 Å².